The highest BCUT2D eigenvalue weighted by atomic mass is 35.5. The maximum Gasteiger partial charge on any atom is 0.312 e. The molecule has 4 aliphatic rings. The third-order valence-corrected chi connectivity index (χ3v) is 13.7. The van der Waals surface area contributed by atoms with Crippen LogP contribution in [-0.2, 0) is 28.7 Å². The Labute approximate surface area is 349 Å². The number of pyridine rings is 1. The Morgan fingerprint density at radius 3 is 2.41 bits per heavy atom. The number of fused-ring (bicyclic) bond motifs is 2. The number of aromatic nitrogens is 2. The molecule has 1 aromatic carbocycles. The highest BCUT2D eigenvalue weighted by Crippen LogP contribution is 2.57. The van der Waals surface area contributed by atoms with Gasteiger partial charge in [0.2, 0.25) is 5.91 Å². The fraction of sp³-hybridized carbons (Fsp3) is 0.591. The number of methoxy groups -OCH3 is 2. The van der Waals surface area contributed by atoms with Crippen molar-refractivity contribution in [3.05, 3.63) is 40.8 Å². The van der Waals surface area contributed by atoms with E-state index in [1.54, 1.807) is 17.0 Å². The van der Waals surface area contributed by atoms with Gasteiger partial charge in [-0.1, -0.05) is 38.4 Å². The van der Waals surface area contributed by atoms with Gasteiger partial charge in [-0.15, -0.1) is 17.9 Å². The number of rotatable bonds is 15. The van der Waals surface area contributed by atoms with Crippen LogP contribution in [0.3, 0.4) is 0 Å². The highest BCUT2D eigenvalue weighted by Gasteiger charge is 2.61. The second-order valence-corrected chi connectivity index (χ2v) is 19.6. The normalized spacial score (nSPS) is 26.6. The van der Waals surface area contributed by atoms with Crippen molar-refractivity contribution in [2.24, 2.45) is 34.5 Å². The predicted octanol–water partition coefficient (Wildman–Crippen LogP) is 8.22. The predicted molar refractivity (Wildman–Crippen MR) is 223 cm³/mol. The summed E-state index contributed by atoms with van der Waals surface area (Å²) in [6.45, 7) is 15.8. The molecule has 0 bridgehead atoms. The zero-order valence-electron chi connectivity index (χ0n) is 34.7. The summed E-state index contributed by atoms with van der Waals surface area (Å²) in [6.07, 6.45) is 4.25. The number of anilines is 1. The number of hydrogen-bond acceptors (Lipinski definition) is 12. The van der Waals surface area contributed by atoms with Crippen LogP contribution in [0.4, 0.5) is 5.13 Å². The number of Topliss-reactive ketones (excluding diaryl/α,β-unsaturated/α-hetero) is 1. The molecule has 7 rings (SSSR count). The van der Waals surface area contributed by atoms with Crippen molar-refractivity contribution < 1.29 is 38.1 Å². The summed E-state index contributed by atoms with van der Waals surface area (Å²) in [5, 5.41) is 5.05. The molecule has 0 spiro atoms. The molecule has 0 radical (unpaired) electrons. The molecule has 2 aromatic heterocycles. The fourth-order valence-corrected chi connectivity index (χ4v) is 10.3. The third kappa shape index (κ3) is 8.30. The minimum absolute atomic E-state index is 0.0696. The van der Waals surface area contributed by atoms with E-state index in [2.05, 4.69) is 11.9 Å². The Kier molecular flexibility index (Phi) is 11.6. The first-order valence-corrected chi connectivity index (χ1v) is 21.5. The van der Waals surface area contributed by atoms with Gasteiger partial charge in [0.05, 0.1) is 55.8 Å². The number of likely N-dealkylation sites (tertiary alicyclic amines) is 1. The lowest BCUT2D eigenvalue weighted by atomic mass is 9.77. The molecule has 3 heterocycles. The summed E-state index contributed by atoms with van der Waals surface area (Å²) in [5.74, 6) is -0.291. The van der Waals surface area contributed by atoms with Crippen LogP contribution >= 0.6 is 22.9 Å². The molecular formula is C44H55ClN4O8S. The zero-order valence-corrected chi connectivity index (χ0v) is 36.3. The number of allylic oxidation sites excluding steroid dienone is 1. The Bertz CT molecular complexity index is 2120. The van der Waals surface area contributed by atoms with Crippen LogP contribution < -0.4 is 14.8 Å². The van der Waals surface area contributed by atoms with Crippen LogP contribution in [0.15, 0.2) is 30.9 Å². The molecule has 1 amide bonds. The molecule has 12 nitrogen and oxygen atoms in total. The van der Waals surface area contributed by atoms with Gasteiger partial charge in [0.15, 0.2) is 10.9 Å². The molecule has 58 heavy (non-hydrogen) atoms. The quantitative estimate of drug-likeness (QED) is 0.117. The van der Waals surface area contributed by atoms with Crippen LogP contribution in [0.1, 0.15) is 84.4 Å². The van der Waals surface area contributed by atoms with E-state index < -0.39 is 40.8 Å². The van der Waals surface area contributed by atoms with E-state index in [-0.39, 0.29) is 55.6 Å². The van der Waals surface area contributed by atoms with Crippen LogP contribution in [0.2, 0.25) is 5.02 Å². The summed E-state index contributed by atoms with van der Waals surface area (Å²) in [4.78, 5) is 68.2. The Hall–Kier alpha value is -4.23. The number of amides is 1. The van der Waals surface area contributed by atoms with Crippen LogP contribution in [0.5, 0.6) is 11.5 Å². The van der Waals surface area contributed by atoms with Crippen LogP contribution in [0, 0.1) is 41.4 Å². The van der Waals surface area contributed by atoms with E-state index in [0.29, 0.717) is 57.1 Å². The van der Waals surface area contributed by atoms with Gasteiger partial charge in [0.1, 0.15) is 34.4 Å². The summed E-state index contributed by atoms with van der Waals surface area (Å²) in [7, 11) is 2.85. The van der Waals surface area contributed by atoms with Gasteiger partial charge in [-0.2, -0.15) is 0 Å². The SMILES string of the molecule is C=C[C@@H]1C[C@]1(CC(=O)C1C[C@@H](Oc2cc(-c3nc(NC(C)C)sc3C)nc3c(Cl)c(OC)ccc23)CN1C(=O)[C@@H](CC(=O)OC1C[C@@H]2C[C@@H]2C1)C(C)(C)C)C(=O)OC. The molecule has 1 saturated heterocycles. The number of esters is 2. The van der Waals surface area contributed by atoms with Gasteiger partial charge >= 0.3 is 11.9 Å². The van der Waals surface area contributed by atoms with E-state index in [0.717, 1.165) is 22.9 Å². The molecule has 312 valence electrons. The molecule has 14 heteroatoms. The second kappa shape index (κ2) is 16.1. The van der Waals surface area contributed by atoms with Crippen molar-refractivity contribution in [3.8, 4) is 22.9 Å². The van der Waals surface area contributed by atoms with E-state index in [9.17, 15) is 19.2 Å². The summed E-state index contributed by atoms with van der Waals surface area (Å²) in [6, 6.07) is 4.64. The van der Waals surface area contributed by atoms with Gasteiger partial charge in [-0.25, -0.2) is 9.97 Å². The lowest BCUT2D eigenvalue weighted by Gasteiger charge is -2.35. The Morgan fingerprint density at radius 2 is 1.79 bits per heavy atom. The van der Waals surface area contributed by atoms with Gasteiger partial charge in [0, 0.05) is 35.2 Å². The van der Waals surface area contributed by atoms with Crippen molar-refractivity contribution in [1.82, 2.24) is 14.9 Å². The molecule has 4 fully saturated rings. The summed E-state index contributed by atoms with van der Waals surface area (Å²) < 4.78 is 23.4. The topological polar surface area (TPSA) is 146 Å². The lowest BCUT2D eigenvalue weighted by molar-refractivity contribution is -0.157. The second-order valence-electron chi connectivity index (χ2n) is 18.0. The maximum absolute atomic E-state index is 14.9. The number of aryl methyl sites for hydroxylation is 1. The maximum atomic E-state index is 14.9. The number of nitrogens with one attached hydrogen (secondary N) is 1. The number of benzene rings is 1. The molecule has 3 aliphatic carbocycles. The van der Waals surface area contributed by atoms with Gasteiger partial charge < -0.3 is 29.2 Å². The number of nitrogens with zero attached hydrogens (tertiary/aromatic N) is 3. The Balaban J connectivity index is 1.22. The molecule has 1 aliphatic heterocycles. The Morgan fingerprint density at radius 1 is 1.07 bits per heavy atom. The number of ketones is 1. The van der Waals surface area contributed by atoms with E-state index in [1.807, 2.05) is 53.7 Å². The number of ether oxygens (including phenoxy) is 4. The molecule has 3 saturated carbocycles. The first-order chi connectivity index (χ1) is 27.5. The monoisotopic (exact) mass is 834 g/mol. The molecule has 2 unspecified atom stereocenters. The van der Waals surface area contributed by atoms with E-state index in [4.69, 9.17) is 40.5 Å². The van der Waals surface area contributed by atoms with Crippen molar-refractivity contribution in [3.63, 3.8) is 0 Å². The lowest BCUT2D eigenvalue weighted by Crippen LogP contribution is -2.48. The van der Waals surface area contributed by atoms with Crippen LogP contribution in [0.25, 0.3) is 22.3 Å². The standard InChI is InChI=1S/C44H55ClN4O8S/c1-10-26-19-44(26,41(53)55-9)20-33(50)32-16-28(21-49(32)40(52)30(43(5,6)7)17-36(51)57-27-14-24-13-25(24)15-27)56-35-18-31(38-23(4)58-42(48-38)46-22(2)3)47-39-29(35)11-12-34(54-8)37(39)45/h10-12,18,22,24-28,30,32H,1,13-17,19-21H2,2-9H3,(H,46,48)/t24-,25+,26-,27?,28-,30-,32?,44-/m1/s1. The molecule has 3 aromatic rings. The third-order valence-electron chi connectivity index (χ3n) is 12.4. The van der Waals surface area contributed by atoms with Crippen molar-refractivity contribution in [2.75, 3.05) is 26.1 Å². The smallest absolute Gasteiger partial charge is 0.312 e. The average molecular weight is 835 g/mol. The molecular weight excluding hydrogens is 780 g/mol. The molecule has 8 atom stereocenters. The van der Waals surface area contributed by atoms with Crippen LogP contribution in [-0.4, -0.2) is 83.6 Å². The first-order valence-electron chi connectivity index (χ1n) is 20.3. The minimum atomic E-state index is -1.03. The number of halogens is 1. The number of thiazole rings is 1. The largest absolute Gasteiger partial charge is 0.495 e. The zero-order chi connectivity index (χ0) is 41.8. The summed E-state index contributed by atoms with van der Waals surface area (Å²) in [5.41, 5.74) is -0.0145. The van der Waals surface area contributed by atoms with E-state index >= 15 is 0 Å². The number of carbonyl (C=O) groups excluding carboxylic acids is 4. The molecule has 1 N–H and O–H groups in total. The van der Waals surface area contributed by atoms with Gasteiger partial charge in [0.25, 0.3) is 0 Å². The number of hydrogen-bond donors (Lipinski definition) is 1. The van der Waals surface area contributed by atoms with Gasteiger partial charge in [-0.05, 0) is 81.8 Å². The fourth-order valence-electron chi connectivity index (χ4n) is 9.04. The van der Waals surface area contributed by atoms with Crippen molar-refractivity contribution in [2.45, 2.75) is 111 Å². The average Bonchev–Trinajstić information content (AvgIpc) is 3.88. The van der Waals surface area contributed by atoms with Gasteiger partial charge in [-0.3, -0.25) is 19.2 Å². The minimum Gasteiger partial charge on any atom is -0.495 e. The number of carbonyl (C=O) groups is 4. The summed E-state index contributed by atoms with van der Waals surface area (Å²) >= 11 is 8.41. The first kappa shape index (κ1) is 41.9. The van der Waals surface area contributed by atoms with E-state index in [1.165, 1.54) is 32.0 Å². The van der Waals surface area contributed by atoms with Crippen molar-refractivity contribution >= 4 is 62.6 Å². The van der Waals surface area contributed by atoms with Crippen molar-refractivity contribution in [1.29, 1.82) is 0 Å². The highest BCUT2D eigenvalue weighted by molar-refractivity contribution is 7.16.